The van der Waals surface area contributed by atoms with Gasteiger partial charge in [0.15, 0.2) is 17.2 Å². The number of ketones is 1. The van der Waals surface area contributed by atoms with E-state index in [1.165, 1.54) is 0 Å². The average Bonchev–Trinajstić information content (AvgIpc) is 3.38. The highest BCUT2D eigenvalue weighted by atomic mass is 16.7. The third-order valence-corrected chi connectivity index (χ3v) is 5.84. The van der Waals surface area contributed by atoms with Crippen LogP contribution in [0.25, 0.3) is 10.9 Å². The maximum atomic E-state index is 13.6. The highest BCUT2D eigenvalue weighted by Gasteiger charge is 2.27. The second kappa shape index (κ2) is 9.53. The number of nitrogens with zero attached hydrogens (tertiary/aromatic N) is 2. The van der Waals surface area contributed by atoms with E-state index in [0.717, 1.165) is 36.3 Å². The van der Waals surface area contributed by atoms with Crippen molar-refractivity contribution in [3.8, 4) is 23.0 Å². The summed E-state index contributed by atoms with van der Waals surface area (Å²) < 4.78 is 24.8. The molecule has 1 aliphatic heterocycles. The van der Waals surface area contributed by atoms with Crippen LogP contribution in [0, 0.1) is 0 Å². The standard InChI is InChI=1S/C25H30N2O5/c1-5-27(6-2)12-13-30-25-19-14-21-22(32-16-31-21)15-20(19)26(4)23(25)24(28)17-8-10-18(11-9-17)29-7-3/h8-11,14-15H,5-7,12-13,16H2,1-4H3. The Morgan fingerprint density at radius 2 is 1.72 bits per heavy atom. The van der Waals surface area contributed by atoms with Gasteiger partial charge in [-0.05, 0) is 50.3 Å². The first-order valence-electron chi connectivity index (χ1n) is 11.1. The van der Waals surface area contributed by atoms with Crippen LogP contribution in [0.2, 0.25) is 0 Å². The van der Waals surface area contributed by atoms with Gasteiger partial charge in [-0.15, -0.1) is 0 Å². The van der Waals surface area contributed by atoms with Crippen molar-refractivity contribution >= 4 is 16.7 Å². The molecule has 4 rings (SSSR count). The van der Waals surface area contributed by atoms with Gasteiger partial charge in [0, 0.05) is 30.6 Å². The van der Waals surface area contributed by atoms with Gasteiger partial charge in [0.2, 0.25) is 12.6 Å². The summed E-state index contributed by atoms with van der Waals surface area (Å²) >= 11 is 0. The Morgan fingerprint density at radius 3 is 2.38 bits per heavy atom. The largest absolute Gasteiger partial charge is 0.494 e. The van der Waals surface area contributed by atoms with Crippen molar-refractivity contribution in [1.29, 1.82) is 0 Å². The molecule has 0 unspecified atom stereocenters. The van der Waals surface area contributed by atoms with Gasteiger partial charge in [0.1, 0.15) is 18.1 Å². The van der Waals surface area contributed by atoms with Crippen molar-refractivity contribution in [1.82, 2.24) is 9.47 Å². The second-order valence-electron chi connectivity index (χ2n) is 7.62. The maximum Gasteiger partial charge on any atom is 0.231 e. The van der Waals surface area contributed by atoms with Gasteiger partial charge in [-0.25, -0.2) is 0 Å². The molecule has 0 amide bonds. The van der Waals surface area contributed by atoms with E-state index in [4.69, 9.17) is 18.9 Å². The zero-order chi connectivity index (χ0) is 22.7. The summed E-state index contributed by atoms with van der Waals surface area (Å²) in [7, 11) is 1.88. The molecule has 0 fully saturated rings. The molecule has 0 N–H and O–H groups in total. The van der Waals surface area contributed by atoms with Gasteiger partial charge in [0.05, 0.1) is 12.1 Å². The van der Waals surface area contributed by atoms with E-state index in [9.17, 15) is 4.79 Å². The molecular formula is C25H30N2O5. The molecule has 0 radical (unpaired) electrons. The summed E-state index contributed by atoms with van der Waals surface area (Å²) in [5.41, 5.74) is 1.95. The first-order chi connectivity index (χ1) is 15.6. The highest BCUT2D eigenvalue weighted by Crippen LogP contribution is 2.42. The van der Waals surface area contributed by atoms with Crippen molar-refractivity contribution in [2.75, 3.05) is 39.6 Å². The van der Waals surface area contributed by atoms with E-state index in [0.29, 0.717) is 41.7 Å². The predicted octanol–water partition coefficient (Wildman–Crippen LogP) is 4.26. The molecule has 0 bridgehead atoms. The Morgan fingerprint density at radius 1 is 1.03 bits per heavy atom. The first-order valence-corrected chi connectivity index (χ1v) is 11.1. The van der Waals surface area contributed by atoms with Gasteiger partial charge in [0.25, 0.3) is 0 Å². The highest BCUT2D eigenvalue weighted by molar-refractivity contribution is 6.14. The summed E-state index contributed by atoms with van der Waals surface area (Å²) in [6.45, 7) is 10.1. The maximum absolute atomic E-state index is 13.6. The first kappa shape index (κ1) is 22.0. The molecule has 2 aromatic carbocycles. The lowest BCUT2D eigenvalue weighted by Gasteiger charge is -2.18. The van der Waals surface area contributed by atoms with Crippen LogP contribution in [0.15, 0.2) is 36.4 Å². The molecule has 7 nitrogen and oxygen atoms in total. The third-order valence-electron chi connectivity index (χ3n) is 5.84. The lowest BCUT2D eigenvalue weighted by Crippen LogP contribution is -2.28. The SMILES string of the molecule is CCOc1ccc(C(=O)c2c(OCCN(CC)CC)c3cc4c(cc3n2C)OCO4)cc1. The van der Waals surface area contributed by atoms with Crippen LogP contribution in [0.1, 0.15) is 36.8 Å². The van der Waals surface area contributed by atoms with Crippen LogP contribution < -0.4 is 18.9 Å². The van der Waals surface area contributed by atoms with Gasteiger partial charge in [-0.3, -0.25) is 4.79 Å². The van der Waals surface area contributed by atoms with E-state index in [-0.39, 0.29) is 12.6 Å². The van der Waals surface area contributed by atoms with E-state index >= 15 is 0 Å². The van der Waals surface area contributed by atoms with Crippen LogP contribution >= 0.6 is 0 Å². The number of likely N-dealkylation sites (N-methyl/N-ethyl adjacent to an activating group) is 1. The Kier molecular flexibility index (Phi) is 6.55. The Bertz CT molecular complexity index is 1100. The summed E-state index contributed by atoms with van der Waals surface area (Å²) in [4.78, 5) is 15.9. The molecule has 170 valence electrons. The zero-order valence-electron chi connectivity index (χ0n) is 19.1. The van der Waals surface area contributed by atoms with E-state index in [1.807, 2.05) is 42.8 Å². The summed E-state index contributed by atoms with van der Waals surface area (Å²) in [5.74, 6) is 2.55. The van der Waals surface area contributed by atoms with Gasteiger partial charge in [-0.2, -0.15) is 0 Å². The van der Waals surface area contributed by atoms with Crippen molar-refractivity contribution in [3.05, 3.63) is 47.7 Å². The Hall–Kier alpha value is -3.19. The molecule has 0 aliphatic carbocycles. The number of ether oxygens (including phenoxy) is 4. The minimum Gasteiger partial charge on any atom is -0.494 e. The number of benzene rings is 2. The molecule has 0 saturated heterocycles. The summed E-state index contributed by atoms with van der Waals surface area (Å²) in [5, 5.41) is 0.839. The monoisotopic (exact) mass is 438 g/mol. The molecular weight excluding hydrogens is 408 g/mol. The quantitative estimate of drug-likeness (QED) is 0.441. The van der Waals surface area contributed by atoms with E-state index in [2.05, 4.69) is 18.7 Å². The Balaban J connectivity index is 1.74. The lowest BCUT2D eigenvalue weighted by molar-refractivity contribution is 0.102. The third kappa shape index (κ3) is 4.12. The second-order valence-corrected chi connectivity index (χ2v) is 7.62. The molecule has 1 aliphatic rings. The number of fused-ring (bicyclic) bond motifs is 2. The van der Waals surface area contributed by atoms with Crippen LogP contribution in [0.3, 0.4) is 0 Å². The number of aryl methyl sites for hydroxylation is 1. The van der Waals surface area contributed by atoms with Crippen LogP contribution in [-0.2, 0) is 7.05 Å². The average molecular weight is 439 g/mol. The fraction of sp³-hybridized carbons (Fsp3) is 0.400. The van der Waals surface area contributed by atoms with Crippen LogP contribution in [-0.4, -0.2) is 54.9 Å². The van der Waals surface area contributed by atoms with Crippen LogP contribution in [0.5, 0.6) is 23.0 Å². The minimum atomic E-state index is -0.105. The lowest BCUT2D eigenvalue weighted by atomic mass is 10.1. The summed E-state index contributed by atoms with van der Waals surface area (Å²) in [6, 6.07) is 11.0. The Labute approximate surface area is 188 Å². The van der Waals surface area contributed by atoms with E-state index < -0.39 is 0 Å². The van der Waals surface area contributed by atoms with Gasteiger partial charge < -0.3 is 28.4 Å². The van der Waals surface area contributed by atoms with Crippen molar-refractivity contribution in [3.63, 3.8) is 0 Å². The molecule has 0 atom stereocenters. The summed E-state index contributed by atoms with van der Waals surface area (Å²) in [6.07, 6.45) is 0. The number of carbonyl (C=O) groups is 1. The topological polar surface area (TPSA) is 62.2 Å². The van der Waals surface area contributed by atoms with E-state index in [1.54, 1.807) is 12.1 Å². The molecule has 2 heterocycles. The smallest absolute Gasteiger partial charge is 0.231 e. The van der Waals surface area contributed by atoms with Gasteiger partial charge >= 0.3 is 0 Å². The van der Waals surface area contributed by atoms with Crippen molar-refractivity contribution in [2.45, 2.75) is 20.8 Å². The van der Waals surface area contributed by atoms with Crippen molar-refractivity contribution in [2.24, 2.45) is 7.05 Å². The van der Waals surface area contributed by atoms with Crippen LogP contribution in [0.4, 0.5) is 0 Å². The molecule has 0 spiro atoms. The van der Waals surface area contributed by atoms with Gasteiger partial charge in [-0.1, -0.05) is 13.8 Å². The molecule has 32 heavy (non-hydrogen) atoms. The normalized spacial score (nSPS) is 12.5. The predicted molar refractivity (Wildman–Crippen MR) is 123 cm³/mol. The number of hydrogen-bond acceptors (Lipinski definition) is 6. The van der Waals surface area contributed by atoms with Crippen molar-refractivity contribution < 1.29 is 23.7 Å². The number of carbonyl (C=O) groups excluding carboxylic acids is 1. The number of aromatic nitrogens is 1. The molecule has 0 saturated carbocycles. The number of rotatable bonds is 10. The number of hydrogen-bond donors (Lipinski definition) is 0. The molecule has 3 aromatic rings. The zero-order valence-corrected chi connectivity index (χ0v) is 19.1. The fourth-order valence-corrected chi connectivity index (χ4v) is 4.02. The minimum absolute atomic E-state index is 0.105. The fourth-order valence-electron chi connectivity index (χ4n) is 4.02. The molecule has 7 heteroatoms. The molecule has 1 aromatic heterocycles.